The topological polar surface area (TPSA) is 175 Å². The van der Waals surface area contributed by atoms with E-state index >= 15 is 0 Å². The van der Waals surface area contributed by atoms with Crippen LogP contribution in [-0.4, -0.2) is 99.6 Å². The highest BCUT2D eigenvalue weighted by atomic mass is 16.7. The first-order chi connectivity index (χ1) is 39.7. The van der Waals surface area contributed by atoms with Gasteiger partial charge in [-0.3, -0.25) is 9.59 Å². The third kappa shape index (κ3) is 44.1. The molecule has 1 heterocycles. The third-order valence-electron chi connectivity index (χ3n) is 14.0. The van der Waals surface area contributed by atoms with Crippen LogP contribution in [0.5, 0.6) is 0 Å². The van der Waals surface area contributed by atoms with E-state index in [-0.39, 0.29) is 19.4 Å². The van der Waals surface area contributed by atoms with Crippen LogP contribution in [0.2, 0.25) is 0 Å². The minimum absolute atomic E-state index is 0.0890. The van der Waals surface area contributed by atoms with Crippen LogP contribution in [0.1, 0.15) is 233 Å². The normalized spacial score (nSPS) is 19.6. The molecule has 0 aliphatic carbocycles. The zero-order valence-corrected chi connectivity index (χ0v) is 50.8. The molecule has 0 aromatic heterocycles. The van der Waals surface area contributed by atoms with Gasteiger partial charge in [-0.1, -0.05) is 244 Å². The third-order valence-corrected chi connectivity index (χ3v) is 14.0. The van der Waals surface area contributed by atoms with E-state index in [4.69, 9.17) is 14.2 Å². The molecule has 1 saturated heterocycles. The van der Waals surface area contributed by atoms with Crippen molar-refractivity contribution in [1.29, 1.82) is 0 Å². The largest absolute Gasteiger partial charge is 0.454 e. The maximum Gasteiger partial charge on any atom is 0.306 e. The zero-order valence-electron chi connectivity index (χ0n) is 50.8. The quantitative estimate of drug-likeness (QED) is 0.0195. The van der Waals surface area contributed by atoms with Gasteiger partial charge >= 0.3 is 5.97 Å². The number of carbonyl (C=O) groups is 2. The minimum Gasteiger partial charge on any atom is -0.454 e. The average Bonchev–Trinajstić information content (AvgIpc) is 3.53. The number of rotatable bonds is 52. The molecule has 0 aromatic carbocycles. The van der Waals surface area contributed by atoms with Crippen molar-refractivity contribution >= 4 is 11.9 Å². The number of hydrogen-bond donors (Lipinski definition) is 6. The van der Waals surface area contributed by atoms with Crippen molar-refractivity contribution in [1.82, 2.24) is 5.32 Å². The molecule has 1 rings (SSSR count). The lowest BCUT2D eigenvalue weighted by Crippen LogP contribution is -2.61. The summed E-state index contributed by atoms with van der Waals surface area (Å²) in [5, 5.41) is 57.0. The van der Waals surface area contributed by atoms with E-state index in [9.17, 15) is 35.1 Å². The van der Waals surface area contributed by atoms with Crippen molar-refractivity contribution in [3.63, 3.8) is 0 Å². The molecule has 8 atom stereocenters. The zero-order chi connectivity index (χ0) is 58.9. The van der Waals surface area contributed by atoms with Gasteiger partial charge in [0.1, 0.15) is 24.4 Å². The van der Waals surface area contributed by atoms with Crippen molar-refractivity contribution in [2.24, 2.45) is 0 Å². The second kappa shape index (κ2) is 56.3. The summed E-state index contributed by atoms with van der Waals surface area (Å²) in [4.78, 5) is 26.6. The fraction of sp³-hybridized carbons (Fsp3) is 0.657. The van der Waals surface area contributed by atoms with Gasteiger partial charge in [-0.25, -0.2) is 0 Å². The summed E-state index contributed by atoms with van der Waals surface area (Å²) in [5.41, 5.74) is 0. The Balaban J connectivity index is 2.72. The first-order valence-corrected chi connectivity index (χ1v) is 32.0. The molecule has 11 heteroatoms. The Kier molecular flexibility index (Phi) is 52.0. The molecule has 0 bridgehead atoms. The Morgan fingerprint density at radius 1 is 0.494 bits per heavy atom. The Labute approximate surface area is 493 Å². The predicted molar refractivity (Wildman–Crippen MR) is 337 cm³/mol. The maximum absolute atomic E-state index is 13.4. The number of carbonyl (C=O) groups excluding carboxylic acids is 2. The van der Waals surface area contributed by atoms with Gasteiger partial charge in [0.05, 0.1) is 25.4 Å². The van der Waals surface area contributed by atoms with Gasteiger partial charge in [0, 0.05) is 6.42 Å². The number of nitrogens with one attached hydrogen (secondary N) is 1. The second-order valence-corrected chi connectivity index (χ2v) is 21.4. The van der Waals surface area contributed by atoms with Crippen molar-refractivity contribution < 1.29 is 49.3 Å². The fourth-order valence-electron chi connectivity index (χ4n) is 9.06. The molecule has 1 amide bonds. The number of aliphatic hydroxyl groups is 5. The number of ether oxygens (including phenoxy) is 3. The molecule has 1 aliphatic heterocycles. The summed E-state index contributed by atoms with van der Waals surface area (Å²) in [7, 11) is 0. The van der Waals surface area contributed by atoms with Crippen LogP contribution in [0.25, 0.3) is 0 Å². The van der Waals surface area contributed by atoms with Crippen molar-refractivity contribution in [3.05, 3.63) is 134 Å². The summed E-state index contributed by atoms with van der Waals surface area (Å²) in [6.07, 6.45) is 69.1. The molecule has 6 N–H and O–H groups in total. The lowest BCUT2D eigenvalue weighted by molar-refractivity contribution is -0.305. The summed E-state index contributed by atoms with van der Waals surface area (Å²) >= 11 is 0. The summed E-state index contributed by atoms with van der Waals surface area (Å²) in [6, 6.07) is -1.06. The summed E-state index contributed by atoms with van der Waals surface area (Å²) < 4.78 is 17.6. The molecular formula is C70H115NO10. The van der Waals surface area contributed by atoms with Crippen LogP contribution < -0.4 is 5.32 Å². The molecule has 1 fully saturated rings. The highest BCUT2D eigenvalue weighted by molar-refractivity contribution is 5.80. The molecule has 0 saturated carbocycles. The predicted octanol–water partition coefficient (Wildman–Crippen LogP) is 15.6. The number of unbranched alkanes of at least 4 members (excludes halogenated alkanes) is 18. The maximum atomic E-state index is 13.4. The van der Waals surface area contributed by atoms with Crippen LogP contribution >= 0.6 is 0 Å². The second-order valence-electron chi connectivity index (χ2n) is 21.4. The monoisotopic (exact) mass is 1130 g/mol. The molecule has 11 nitrogen and oxygen atoms in total. The standard InChI is InChI=1S/C70H115NO10/c1-4-7-10-13-16-19-22-25-27-29-31-32-33-35-37-40-43-46-49-52-55-58-65(75)81-68-67(77)66(76)64(59-72)80-70(68)79-60-61(62(73)56-53-50-47-44-41-38-24-21-18-15-12-9-6-3)71-69(78)63(74)57-54-51-48-45-42-39-36-34-30-28-26-23-20-17-14-11-8-5-2/h7-8,10-11,16-17,19-20,25-28,31-32,34-37,42,45,53,56,61-64,66-68,70,72-74,76-77H,4-6,9,12-15,18,21-24,29-30,33,38-41,43-44,46-52,54-55,57-60H2,1-3H3,(H,71,78)/b10-7-,11-8-,19-16-,20-17-,27-25-,28-26-,32-31-,36-34-,37-35-,45-42-,56-53+. The van der Waals surface area contributed by atoms with Crippen molar-refractivity contribution in [2.75, 3.05) is 13.2 Å². The number of allylic oxidation sites excluding steroid dienone is 21. The Morgan fingerprint density at radius 2 is 0.889 bits per heavy atom. The molecule has 0 radical (unpaired) electrons. The van der Waals surface area contributed by atoms with Crippen LogP contribution in [0.4, 0.5) is 0 Å². The number of esters is 1. The van der Waals surface area contributed by atoms with Gasteiger partial charge in [-0.05, 0) is 116 Å². The van der Waals surface area contributed by atoms with E-state index in [1.165, 1.54) is 51.4 Å². The van der Waals surface area contributed by atoms with Crippen LogP contribution in [0.3, 0.4) is 0 Å². The van der Waals surface area contributed by atoms with Crippen LogP contribution in [0, 0.1) is 0 Å². The molecule has 8 unspecified atom stereocenters. The lowest BCUT2D eigenvalue weighted by atomic mass is 9.99. The number of amides is 1. The van der Waals surface area contributed by atoms with Crippen LogP contribution in [0.15, 0.2) is 134 Å². The van der Waals surface area contributed by atoms with Gasteiger partial charge in [-0.15, -0.1) is 0 Å². The minimum atomic E-state index is -1.64. The van der Waals surface area contributed by atoms with Crippen molar-refractivity contribution in [2.45, 2.75) is 282 Å². The van der Waals surface area contributed by atoms with Gasteiger partial charge in [0.15, 0.2) is 12.4 Å². The van der Waals surface area contributed by atoms with E-state index in [0.717, 1.165) is 135 Å². The molecule has 0 aromatic rings. The van der Waals surface area contributed by atoms with Crippen molar-refractivity contribution in [3.8, 4) is 0 Å². The molecule has 460 valence electrons. The van der Waals surface area contributed by atoms with Gasteiger partial charge in [0.25, 0.3) is 0 Å². The molecule has 1 aliphatic rings. The van der Waals surface area contributed by atoms with Gasteiger partial charge < -0.3 is 45.1 Å². The highest BCUT2D eigenvalue weighted by Crippen LogP contribution is 2.26. The van der Waals surface area contributed by atoms with E-state index in [1.807, 2.05) is 6.08 Å². The van der Waals surface area contributed by atoms with Gasteiger partial charge in [-0.2, -0.15) is 0 Å². The van der Waals surface area contributed by atoms with E-state index < -0.39 is 67.4 Å². The van der Waals surface area contributed by atoms with Gasteiger partial charge in [0.2, 0.25) is 5.91 Å². The number of aliphatic hydroxyl groups excluding tert-OH is 5. The summed E-state index contributed by atoms with van der Waals surface area (Å²) in [6.45, 7) is 5.52. The van der Waals surface area contributed by atoms with E-state index in [2.05, 4.69) is 148 Å². The Hall–Kier alpha value is -4.20. The average molecular weight is 1130 g/mol. The van der Waals surface area contributed by atoms with E-state index in [1.54, 1.807) is 6.08 Å². The Morgan fingerprint density at radius 3 is 1.33 bits per heavy atom. The molecular weight excluding hydrogens is 1010 g/mol. The fourth-order valence-corrected chi connectivity index (χ4v) is 9.06. The number of hydrogen-bond acceptors (Lipinski definition) is 10. The molecule has 81 heavy (non-hydrogen) atoms. The van der Waals surface area contributed by atoms with Crippen LogP contribution in [-0.2, 0) is 23.8 Å². The first-order valence-electron chi connectivity index (χ1n) is 32.0. The molecule has 0 spiro atoms. The smallest absolute Gasteiger partial charge is 0.306 e. The first kappa shape index (κ1) is 74.8. The van der Waals surface area contributed by atoms with E-state index in [0.29, 0.717) is 12.8 Å². The SMILES string of the molecule is CC/C=C\C/C=C\C/C=C\C/C=C\C/C=C\CCCCCCCC(=O)OC1C(OCC(NC(=O)C(O)CCCC/C=C\C/C=C\C/C=C\C/C=C\C/C=C\CC)C(O)/C=C/CCCCCCCCCCCCC)OC(CO)C(O)C1O. The highest BCUT2D eigenvalue weighted by Gasteiger charge is 2.47. The summed E-state index contributed by atoms with van der Waals surface area (Å²) in [5.74, 6) is -1.26. The Bertz CT molecular complexity index is 1830. The lowest BCUT2D eigenvalue weighted by Gasteiger charge is -2.41.